The van der Waals surface area contributed by atoms with Gasteiger partial charge in [-0.2, -0.15) is 0 Å². The molecule has 0 aliphatic carbocycles. The van der Waals surface area contributed by atoms with Crippen molar-refractivity contribution in [1.82, 2.24) is 0 Å². The van der Waals surface area contributed by atoms with Gasteiger partial charge < -0.3 is 14.2 Å². The summed E-state index contributed by atoms with van der Waals surface area (Å²) in [5.74, 6) is -1.57. The molecule has 1 atom stereocenters. The highest BCUT2D eigenvalue weighted by atomic mass is 16.6. The molecule has 16 heavy (non-hydrogen) atoms. The lowest BCUT2D eigenvalue weighted by Crippen LogP contribution is -2.39. The number of ketones is 1. The Morgan fingerprint density at radius 1 is 1.38 bits per heavy atom. The molecule has 0 saturated carbocycles. The van der Waals surface area contributed by atoms with Crippen LogP contribution in [0.1, 0.15) is 12.8 Å². The lowest BCUT2D eigenvalue weighted by molar-refractivity contribution is -0.165. The van der Waals surface area contributed by atoms with Gasteiger partial charge in [0.2, 0.25) is 0 Å². The highest BCUT2D eigenvalue weighted by Gasteiger charge is 2.35. The van der Waals surface area contributed by atoms with Gasteiger partial charge in [0, 0.05) is 19.1 Å². The maximum Gasteiger partial charge on any atom is 0.355 e. The van der Waals surface area contributed by atoms with Crippen LogP contribution < -0.4 is 0 Å². The van der Waals surface area contributed by atoms with E-state index < -0.39 is 17.9 Å². The monoisotopic (exact) mass is 230 g/mol. The van der Waals surface area contributed by atoms with Crippen LogP contribution in [0.4, 0.5) is 0 Å². The molecule has 1 fully saturated rings. The number of hydrogen-bond donors (Lipinski definition) is 0. The first kappa shape index (κ1) is 12.6. The summed E-state index contributed by atoms with van der Waals surface area (Å²) in [4.78, 5) is 33.3. The molecule has 6 heteroatoms. The molecular weight excluding hydrogens is 216 g/mol. The number of rotatable bonds is 5. The lowest BCUT2D eigenvalue weighted by atomic mass is 9.92. The molecule has 1 unspecified atom stereocenters. The first-order valence-corrected chi connectivity index (χ1v) is 4.99. The molecule has 0 amide bonds. The summed E-state index contributed by atoms with van der Waals surface area (Å²) in [5.41, 5.74) is 0. The average Bonchev–Trinajstić information content (AvgIpc) is 2.35. The molecule has 6 nitrogen and oxygen atoms in total. The maximum absolute atomic E-state index is 11.8. The molecule has 0 aromatic carbocycles. The van der Waals surface area contributed by atoms with Gasteiger partial charge in [-0.05, 0) is 12.8 Å². The number of carbonyl (C=O) groups excluding carboxylic acids is 3. The quantitative estimate of drug-likeness (QED) is 0.366. The fraction of sp³-hybridized carbons (Fsp3) is 0.700. The van der Waals surface area contributed by atoms with Crippen molar-refractivity contribution in [3.8, 4) is 0 Å². The summed E-state index contributed by atoms with van der Waals surface area (Å²) in [6, 6.07) is 0. The zero-order valence-corrected chi connectivity index (χ0v) is 9.01. The Hall–Kier alpha value is -1.43. The van der Waals surface area contributed by atoms with Crippen molar-refractivity contribution in [3.05, 3.63) is 0 Å². The summed E-state index contributed by atoms with van der Waals surface area (Å²) in [7, 11) is 1.14. The van der Waals surface area contributed by atoms with E-state index in [0.29, 0.717) is 26.1 Å². The molecule has 0 aromatic heterocycles. The van der Waals surface area contributed by atoms with E-state index in [1.165, 1.54) is 0 Å². The Morgan fingerprint density at radius 2 is 2.00 bits per heavy atom. The predicted molar refractivity (Wildman–Crippen MR) is 51.5 cm³/mol. The van der Waals surface area contributed by atoms with Crippen LogP contribution in [-0.4, -0.2) is 44.7 Å². The number of ether oxygens (including phenoxy) is 3. The molecule has 0 radical (unpaired) electrons. The molecule has 1 heterocycles. The van der Waals surface area contributed by atoms with Crippen molar-refractivity contribution in [1.29, 1.82) is 0 Å². The minimum atomic E-state index is -1.44. The van der Waals surface area contributed by atoms with Crippen LogP contribution in [0.3, 0.4) is 0 Å². The second-order valence-electron chi connectivity index (χ2n) is 3.42. The normalized spacial score (nSPS) is 18.6. The molecule has 1 aliphatic heterocycles. The molecule has 0 aromatic rings. The SMILES string of the molecule is COC(=O)C(OC=O)C(=O)C1CCOCC1. The van der Waals surface area contributed by atoms with E-state index in [0.717, 1.165) is 7.11 Å². The van der Waals surface area contributed by atoms with Gasteiger partial charge in [0.1, 0.15) is 0 Å². The molecule has 90 valence electrons. The van der Waals surface area contributed by atoms with Crippen LogP contribution in [0, 0.1) is 5.92 Å². The number of methoxy groups -OCH3 is 1. The molecular formula is C10H14O6. The Labute approximate surface area is 92.8 Å². The molecule has 0 bridgehead atoms. The highest BCUT2D eigenvalue weighted by Crippen LogP contribution is 2.18. The van der Waals surface area contributed by atoms with E-state index in [-0.39, 0.29) is 12.4 Å². The number of hydrogen-bond acceptors (Lipinski definition) is 6. The van der Waals surface area contributed by atoms with Gasteiger partial charge in [-0.3, -0.25) is 9.59 Å². The van der Waals surface area contributed by atoms with Crippen LogP contribution in [0.5, 0.6) is 0 Å². The van der Waals surface area contributed by atoms with Crippen LogP contribution >= 0.6 is 0 Å². The van der Waals surface area contributed by atoms with E-state index in [4.69, 9.17) is 4.74 Å². The number of carbonyl (C=O) groups is 3. The van der Waals surface area contributed by atoms with Crippen molar-refractivity contribution in [2.24, 2.45) is 5.92 Å². The summed E-state index contributed by atoms with van der Waals surface area (Å²) in [6.07, 6.45) is -0.367. The van der Waals surface area contributed by atoms with Crippen molar-refractivity contribution in [2.45, 2.75) is 18.9 Å². The maximum atomic E-state index is 11.8. The zero-order chi connectivity index (χ0) is 12.0. The summed E-state index contributed by atoms with van der Waals surface area (Å²) in [6.45, 7) is 1.04. The average molecular weight is 230 g/mol. The molecule has 1 rings (SSSR count). The third-order valence-corrected chi connectivity index (χ3v) is 2.49. The van der Waals surface area contributed by atoms with Gasteiger partial charge in [-0.25, -0.2) is 4.79 Å². The van der Waals surface area contributed by atoms with E-state index >= 15 is 0 Å². The van der Waals surface area contributed by atoms with Crippen LogP contribution in [0.15, 0.2) is 0 Å². The van der Waals surface area contributed by atoms with E-state index in [1.54, 1.807) is 0 Å². The molecule has 1 aliphatic rings. The summed E-state index contributed by atoms with van der Waals surface area (Å²) >= 11 is 0. The van der Waals surface area contributed by atoms with Crippen LogP contribution in [0.25, 0.3) is 0 Å². The fourth-order valence-corrected chi connectivity index (χ4v) is 1.60. The van der Waals surface area contributed by atoms with Crippen molar-refractivity contribution < 1.29 is 28.6 Å². The fourth-order valence-electron chi connectivity index (χ4n) is 1.60. The molecule has 0 N–H and O–H groups in total. The van der Waals surface area contributed by atoms with E-state index in [1.807, 2.05) is 0 Å². The van der Waals surface area contributed by atoms with Gasteiger partial charge in [0.25, 0.3) is 12.6 Å². The Balaban J connectivity index is 2.64. The summed E-state index contributed by atoms with van der Waals surface area (Å²) < 4.78 is 14.0. The third kappa shape index (κ3) is 3.03. The van der Waals surface area contributed by atoms with E-state index in [9.17, 15) is 14.4 Å². The Morgan fingerprint density at radius 3 is 2.50 bits per heavy atom. The minimum Gasteiger partial charge on any atom is -0.466 e. The minimum absolute atomic E-state index is 0.0822. The first-order chi connectivity index (χ1) is 7.70. The first-order valence-electron chi connectivity index (χ1n) is 4.99. The predicted octanol–water partition coefficient (Wildman–Crippen LogP) is -0.303. The van der Waals surface area contributed by atoms with Crippen molar-refractivity contribution >= 4 is 18.2 Å². The van der Waals surface area contributed by atoms with Crippen LogP contribution in [0.2, 0.25) is 0 Å². The van der Waals surface area contributed by atoms with Crippen molar-refractivity contribution in [3.63, 3.8) is 0 Å². The van der Waals surface area contributed by atoms with Crippen LogP contribution in [-0.2, 0) is 28.6 Å². The zero-order valence-electron chi connectivity index (χ0n) is 9.01. The largest absolute Gasteiger partial charge is 0.466 e. The van der Waals surface area contributed by atoms with Gasteiger partial charge in [-0.1, -0.05) is 0 Å². The number of Topliss-reactive ketones (excluding diaryl/α,β-unsaturated/α-hetero) is 1. The van der Waals surface area contributed by atoms with Gasteiger partial charge in [0.05, 0.1) is 7.11 Å². The third-order valence-electron chi connectivity index (χ3n) is 2.49. The summed E-state index contributed by atoms with van der Waals surface area (Å²) in [5, 5.41) is 0. The number of esters is 1. The lowest BCUT2D eigenvalue weighted by Gasteiger charge is -2.23. The molecule has 1 saturated heterocycles. The van der Waals surface area contributed by atoms with E-state index in [2.05, 4.69) is 9.47 Å². The second kappa shape index (κ2) is 6.22. The standard InChI is InChI=1S/C10H14O6/c1-14-10(13)9(16-6-11)8(12)7-2-4-15-5-3-7/h6-7,9H,2-5H2,1H3. The Kier molecular flexibility index (Phi) is 4.91. The molecule has 0 spiro atoms. The topological polar surface area (TPSA) is 78.9 Å². The highest BCUT2D eigenvalue weighted by molar-refractivity contribution is 6.03. The van der Waals surface area contributed by atoms with Gasteiger partial charge >= 0.3 is 5.97 Å². The van der Waals surface area contributed by atoms with Gasteiger partial charge in [-0.15, -0.1) is 0 Å². The van der Waals surface area contributed by atoms with Gasteiger partial charge in [0.15, 0.2) is 5.78 Å². The second-order valence-corrected chi connectivity index (χ2v) is 3.42. The van der Waals surface area contributed by atoms with Crippen molar-refractivity contribution in [2.75, 3.05) is 20.3 Å². The smallest absolute Gasteiger partial charge is 0.355 e. The Bertz CT molecular complexity index is 268.